The van der Waals surface area contributed by atoms with Crippen LogP contribution in [0.2, 0.25) is 0 Å². The lowest BCUT2D eigenvalue weighted by Gasteiger charge is -1.97. The molecule has 0 spiro atoms. The number of hydrogen-bond acceptors (Lipinski definition) is 1. The Morgan fingerprint density at radius 2 is 2.00 bits per heavy atom. The van der Waals surface area contributed by atoms with Crippen LogP contribution in [0.25, 0.3) is 0 Å². The maximum Gasteiger partial charge on any atom is -0.00364 e. The normalized spacial score (nSPS) is 47.0. The standard InChI is InChI=1S/C8H14S/c1-9-5-8-6-3-2-4-7(6)8/h6-8H,2-5H2,1H3. The lowest BCUT2D eigenvalue weighted by atomic mass is 10.2. The van der Waals surface area contributed by atoms with Crippen LogP contribution in [0, 0.1) is 17.8 Å². The van der Waals surface area contributed by atoms with E-state index in [0.717, 1.165) is 5.92 Å². The van der Waals surface area contributed by atoms with Crippen LogP contribution < -0.4 is 0 Å². The van der Waals surface area contributed by atoms with Crippen molar-refractivity contribution in [2.45, 2.75) is 19.3 Å². The van der Waals surface area contributed by atoms with E-state index in [1.54, 1.807) is 12.8 Å². The van der Waals surface area contributed by atoms with Crippen LogP contribution in [-0.4, -0.2) is 12.0 Å². The van der Waals surface area contributed by atoms with Crippen LogP contribution in [0.4, 0.5) is 0 Å². The summed E-state index contributed by atoms with van der Waals surface area (Å²) in [7, 11) is 0. The molecule has 0 aliphatic heterocycles. The van der Waals surface area contributed by atoms with Crippen LogP contribution in [0.5, 0.6) is 0 Å². The SMILES string of the molecule is CSCC1C2CCCC21. The highest BCUT2D eigenvalue weighted by molar-refractivity contribution is 7.98. The predicted octanol–water partition coefficient (Wildman–Crippen LogP) is 2.40. The first-order valence-electron chi connectivity index (χ1n) is 3.92. The fourth-order valence-corrected chi connectivity index (χ4v) is 3.29. The Bertz CT molecular complexity index is 101. The van der Waals surface area contributed by atoms with Crippen LogP contribution in [0.3, 0.4) is 0 Å². The molecule has 0 aromatic heterocycles. The first kappa shape index (κ1) is 6.09. The molecule has 0 nitrogen and oxygen atoms in total. The summed E-state index contributed by atoms with van der Waals surface area (Å²) in [5, 5.41) is 0. The van der Waals surface area contributed by atoms with Gasteiger partial charge in [0.05, 0.1) is 0 Å². The van der Waals surface area contributed by atoms with Crippen molar-refractivity contribution in [2.75, 3.05) is 12.0 Å². The third-order valence-electron chi connectivity index (χ3n) is 2.94. The Morgan fingerprint density at radius 3 is 2.56 bits per heavy atom. The summed E-state index contributed by atoms with van der Waals surface area (Å²) >= 11 is 2.03. The molecule has 52 valence electrons. The van der Waals surface area contributed by atoms with E-state index in [1.165, 1.54) is 24.0 Å². The second kappa shape index (κ2) is 2.19. The summed E-state index contributed by atoms with van der Waals surface area (Å²) in [4.78, 5) is 0. The number of rotatable bonds is 2. The van der Waals surface area contributed by atoms with E-state index in [9.17, 15) is 0 Å². The Morgan fingerprint density at radius 1 is 1.33 bits per heavy atom. The minimum Gasteiger partial charge on any atom is -0.165 e. The third-order valence-corrected chi connectivity index (χ3v) is 3.66. The van der Waals surface area contributed by atoms with E-state index < -0.39 is 0 Å². The van der Waals surface area contributed by atoms with Crippen LogP contribution in [0.15, 0.2) is 0 Å². The second-order valence-electron chi connectivity index (χ2n) is 3.38. The molecule has 9 heavy (non-hydrogen) atoms. The molecule has 0 N–H and O–H groups in total. The van der Waals surface area contributed by atoms with Gasteiger partial charge in [0.2, 0.25) is 0 Å². The minimum absolute atomic E-state index is 1.15. The molecule has 1 heteroatoms. The highest BCUT2D eigenvalue weighted by Gasteiger charge is 2.51. The van der Waals surface area contributed by atoms with Crippen molar-refractivity contribution in [3.63, 3.8) is 0 Å². The molecule has 0 aromatic carbocycles. The largest absolute Gasteiger partial charge is 0.165 e. The fraction of sp³-hybridized carbons (Fsp3) is 1.00. The molecule has 0 aromatic rings. The van der Waals surface area contributed by atoms with Crippen molar-refractivity contribution in [2.24, 2.45) is 17.8 Å². The Kier molecular flexibility index (Phi) is 1.48. The number of thioether (sulfide) groups is 1. The minimum atomic E-state index is 1.15. The van der Waals surface area contributed by atoms with Crippen LogP contribution in [-0.2, 0) is 0 Å². The molecule has 0 heterocycles. The summed E-state index contributed by atoms with van der Waals surface area (Å²) < 4.78 is 0. The van der Waals surface area contributed by atoms with Gasteiger partial charge in [0, 0.05) is 0 Å². The molecule has 2 unspecified atom stereocenters. The molecule has 2 aliphatic carbocycles. The maximum absolute atomic E-state index is 2.23. The maximum atomic E-state index is 2.23. The number of hydrogen-bond donors (Lipinski definition) is 0. The molecule has 0 bridgehead atoms. The number of fused-ring (bicyclic) bond motifs is 1. The van der Waals surface area contributed by atoms with E-state index in [-0.39, 0.29) is 0 Å². The van der Waals surface area contributed by atoms with Gasteiger partial charge in [-0.15, -0.1) is 0 Å². The highest BCUT2D eigenvalue weighted by atomic mass is 32.2. The van der Waals surface area contributed by atoms with Gasteiger partial charge >= 0.3 is 0 Å². The van der Waals surface area contributed by atoms with E-state index in [2.05, 4.69) is 6.26 Å². The van der Waals surface area contributed by atoms with Gasteiger partial charge in [-0.3, -0.25) is 0 Å². The smallest absolute Gasteiger partial charge is 0.00364 e. The quantitative estimate of drug-likeness (QED) is 0.570. The molecule has 2 atom stereocenters. The van der Waals surface area contributed by atoms with E-state index >= 15 is 0 Å². The lowest BCUT2D eigenvalue weighted by Crippen LogP contribution is -1.89. The summed E-state index contributed by atoms with van der Waals surface area (Å²) in [6.07, 6.45) is 6.86. The van der Waals surface area contributed by atoms with Gasteiger partial charge in [-0.2, -0.15) is 11.8 Å². The van der Waals surface area contributed by atoms with Gasteiger partial charge in [0.25, 0.3) is 0 Å². The van der Waals surface area contributed by atoms with Crippen molar-refractivity contribution in [3.8, 4) is 0 Å². The van der Waals surface area contributed by atoms with Crippen molar-refractivity contribution in [1.82, 2.24) is 0 Å². The molecular weight excluding hydrogens is 128 g/mol. The van der Waals surface area contributed by atoms with Crippen molar-refractivity contribution < 1.29 is 0 Å². The van der Waals surface area contributed by atoms with E-state index in [4.69, 9.17) is 0 Å². The molecule has 2 rings (SSSR count). The van der Waals surface area contributed by atoms with Gasteiger partial charge in [0.1, 0.15) is 0 Å². The average molecular weight is 142 g/mol. The summed E-state index contributed by atoms with van der Waals surface area (Å²) in [6.45, 7) is 0. The Labute approximate surface area is 61.4 Å². The molecule has 0 saturated heterocycles. The van der Waals surface area contributed by atoms with Gasteiger partial charge in [-0.1, -0.05) is 6.42 Å². The zero-order chi connectivity index (χ0) is 6.27. The van der Waals surface area contributed by atoms with Crippen molar-refractivity contribution in [1.29, 1.82) is 0 Å². The van der Waals surface area contributed by atoms with Gasteiger partial charge < -0.3 is 0 Å². The van der Waals surface area contributed by atoms with E-state index in [0.29, 0.717) is 0 Å². The Hall–Kier alpha value is 0.350. The fourth-order valence-electron chi connectivity index (χ4n) is 2.41. The second-order valence-corrected chi connectivity index (χ2v) is 4.29. The van der Waals surface area contributed by atoms with Crippen molar-refractivity contribution in [3.05, 3.63) is 0 Å². The summed E-state index contributed by atoms with van der Waals surface area (Å²) in [5.41, 5.74) is 0. The molecular formula is C8H14S. The first-order chi connectivity index (χ1) is 4.43. The van der Waals surface area contributed by atoms with Gasteiger partial charge in [-0.25, -0.2) is 0 Å². The van der Waals surface area contributed by atoms with Gasteiger partial charge in [-0.05, 0) is 42.6 Å². The molecule has 2 saturated carbocycles. The van der Waals surface area contributed by atoms with Crippen molar-refractivity contribution >= 4 is 11.8 Å². The molecule has 0 amide bonds. The monoisotopic (exact) mass is 142 g/mol. The first-order valence-corrected chi connectivity index (χ1v) is 5.32. The molecule has 2 fully saturated rings. The van der Waals surface area contributed by atoms with Gasteiger partial charge in [0.15, 0.2) is 0 Å². The van der Waals surface area contributed by atoms with Crippen LogP contribution in [0.1, 0.15) is 19.3 Å². The average Bonchev–Trinajstić information content (AvgIpc) is 2.39. The summed E-state index contributed by atoms with van der Waals surface area (Å²) in [6, 6.07) is 0. The molecule has 0 radical (unpaired) electrons. The zero-order valence-electron chi connectivity index (χ0n) is 5.97. The summed E-state index contributed by atoms with van der Waals surface area (Å²) in [5.74, 6) is 4.94. The Balaban J connectivity index is 1.81. The van der Waals surface area contributed by atoms with Crippen LogP contribution >= 0.6 is 11.8 Å². The predicted molar refractivity (Wildman–Crippen MR) is 42.7 cm³/mol. The molecule has 2 aliphatic rings. The highest BCUT2D eigenvalue weighted by Crippen LogP contribution is 2.58. The lowest BCUT2D eigenvalue weighted by molar-refractivity contribution is 0.634. The van der Waals surface area contributed by atoms with E-state index in [1.807, 2.05) is 11.8 Å². The zero-order valence-corrected chi connectivity index (χ0v) is 6.79. The topological polar surface area (TPSA) is 0 Å². The third kappa shape index (κ3) is 0.899.